The molecular formula is C26H23NO5. The first-order chi connectivity index (χ1) is 15.6. The highest BCUT2D eigenvalue weighted by Gasteiger charge is 2.43. The number of ether oxygens (including phenoxy) is 1. The van der Waals surface area contributed by atoms with Gasteiger partial charge in [-0.2, -0.15) is 0 Å². The number of fused-ring (bicyclic) bond motifs is 2. The van der Waals surface area contributed by atoms with E-state index in [-0.39, 0.29) is 23.6 Å². The van der Waals surface area contributed by atoms with E-state index in [4.69, 9.17) is 13.6 Å². The standard InChI is InChI=1S/C26H23NO5/c1-3-11-30-18-7-4-6-17(14-18)23-22-24(28)20-13-16(2)9-10-21(20)32-25(22)26(29)27(23)15-19-8-5-12-31-19/h4-10,12-14,23H,3,11,15H2,1-2H3. The first-order valence-corrected chi connectivity index (χ1v) is 10.7. The van der Waals surface area contributed by atoms with Crippen molar-refractivity contribution < 1.29 is 18.4 Å². The summed E-state index contributed by atoms with van der Waals surface area (Å²) in [4.78, 5) is 28.7. The fourth-order valence-electron chi connectivity index (χ4n) is 4.21. The Labute approximate surface area is 185 Å². The Morgan fingerprint density at radius 3 is 2.72 bits per heavy atom. The molecule has 0 aliphatic carbocycles. The normalized spacial score (nSPS) is 15.4. The van der Waals surface area contributed by atoms with Crippen LogP contribution in [0.1, 0.15) is 52.4 Å². The van der Waals surface area contributed by atoms with Crippen molar-refractivity contribution in [2.75, 3.05) is 6.61 Å². The van der Waals surface area contributed by atoms with E-state index in [9.17, 15) is 9.59 Å². The second-order valence-electron chi connectivity index (χ2n) is 8.01. The molecule has 6 heteroatoms. The molecule has 1 unspecified atom stereocenters. The molecule has 1 aliphatic rings. The predicted molar refractivity (Wildman–Crippen MR) is 120 cm³/mol. The highest BCUT2D eigenvalue weighted by atomic mass is 16.5. The Morgan fingerprint density at radius 2 is 1.94 bits per heavy atom. The maximum absolute atomic E-state index is 13.6. The number of aryl methyl sites for hydroxylation is 1. The molecule has 0 spiro atoms. The van der Waals surface area contributed by atoms with E-state index in [1.54, 1.807) is 29.4 Å². The summed E-state index contributed by atoms with van der Waals surface area (Å²) in [5, 5.41) is 0.472. The number of carbonyl (C=O) groups is 1. The van der Waals surface area contributed by atoms with Crippen LogP contribution >= 0.6 is 0 Å². The van der Waals surface area contributed by atoms with Gasteiger partial charge in [0.25, 0.3) is 5.91 Å². The van der Waals surface area contributed by atoms with Crippen molar-refractivity contribution >= 4 is 16.9 Å². The molecule has 2 aromatic carbocycles. The van der Waals surface area contributed by atoms with E-state index in [0.717, 1.165) is 17.5 Å². The number of nitrogens with zero attached hydrogens (tertiary/aromatic N) is 1. The molecule has 1 amide bonds. The minimum absolute atomic E-state index is 0.0859. The summed E-state index contributed by atoms with van der Waals surface area (Å²) in [6, 6.07) is 15.9. The summed E-state index contributed by atoms with van der Waals surface area (Å²) in [6.07, 6.45) is 2.45. The highest BCUT2D eigenvalue weighted by molar-refractivity contribution is 5.99. The average molecular weight is 429 g/mol. The minimum atomic E-state index is -0.603. The van der Waals surface area contributed by atoms with Gasteiger partial charge in [-0.15, -0.1) is 0 Å². The van der Waals surface area contributed by atoms with Crippen LogP contribution in [0.2, 0.25) is 0 Å². The highest BCUT2D eigenvalue weighted by Crippen LogP contribution is 2.40. The molecule has 0 bridgehead atoms. The number of hydrogen-bond acceptors (Lipinski definition) is 5. The molecule has 4 aromatic rings. The van der Waals surface area contributed by atoms with E-state index in [1.165, 1.54) is 0 Å². The van der Waals surface area contributed by atoms with Crippen molar-refractivity contribution in [3.8, 4) is 5.75 Å². The van der Waals surface area contributed by atoms with Gasteiger partial charge in [-0.25, -0.2) is 0 Å². The van der Waals surface area contributed by atoms with Gasteiger partial charge in [-0.1, -0.05) is 30.7 Å². The summed E-state index contributed by atoms with van der Waals surface area (Å²) in [5.41, 5.74) is 2.31. The largest absolute Gasteiger partial charge is 0.494 e. The third-order valence-corrected chi connectivity index (χ3v) is 5.67. The van der Waals surface area contributed by atoms with Crippen molar-refractivity contribution in [3.63, 3.8) is 0 Å². The van der Waals surface area contributed by atoms with Crippen molar-refractivity contribution in [2.24, 2.45) is 0 Å². The van der Waals surface area contributed by atoms with Gasteiger partial charge < -0.3 is 18.5 Å². The quantitative estimate of drug-likeness (QED) is 0.420. The number of amides is 1. The molecule has 32 heavy (non-hydrogen) atoms. The van der Waals surface area contributed by atoms with Gasteiger partial charge >= 0.3 is 0 Å². The fraction of sp³-hybridized carbons (Fsp3) is 0.231. The summed E-state index contributed by atoms with van der Waals surface area (Å²) >= 11 is 0. The molecule has 0 N–H and O–H groups in total. The molecule has 0 saturated carbocycles. The lowest BCUT2D eigenvalue weighted by Gasteiger charge is -2.24. The molecule has 1 atom stereocenters. The zero-order valence-corrected chi connectivity index (χ0v) is 18.0. The van der Waals surface area contributed by atoms with Gasteiger partial charge in [0.15, 0.2) is 5.43 Å². The second kappa shape index (κ2) is 8.04. The molecule has 0 fully saturated rings. The zero-order valence-electron chi connectivity index (χ0n) is 18.0. The van der Waals surface area contributed by atoms with Crippen molar-refractivity contribution in [2.45, 2.75) is 32.9 Å². The molecule has 3 heterocycles. The second-order valence-corrected chi connectivity index (χ2v) is 8.01. The van der Waals surface area contributed by atoms with Crippen LogP contribution in [0.4, 0.5) is 0 Å². The fourth-order valence-corrected chi connectivity index (χ4v) is 4.21. The van der Waals surface area contributed by atoms with Crippen molar-refractivity contribution in [1.29, 1.82) is 0 Å². The zero-order chi connectivity index (χ0) is 22.2. The van der Waals surface area contributed by atoms with E-state index < -0.39 is 6.04 Å². The average Bonchev–Trinajstić information content (AvgIpc) is 3.41. The number of hydrogen-bond donors (Lipinski definition) is 0. The van der Waals surface area contributed by atoms with Crippen molar-refractivity contribution in [1.82, 2.24) is 4.90 Å². The summed E-state index contributed by atoms with van der Waals surface area (Å²) < 4.78 is 17.3. The SMILES string of the molecule is CCCOc1cccc(C2c3c(oc4ccc(C)cc4c3=O)C(=O)N2Cc2ccco2)c1. The van der Waals surface area contributed by atoms with Crippen LogP contribution in [-0.2, 0) is 6.54 Å². The van der Waals surface area contributed by atoms with Crippen LogP contribution in [0.15, 0.2) is 74.5 Å². The molecule has 1 aliphatic heterocycles. The predicted octanol–water partition coefficient (Wildman–Crippen LogP) is 5.23. The van der Waals surface area contributed by atoms with Gasteiger partial charge in [0, 0.05) is 0 Å². The van der Waals surface area contributed by atoms with Crippen LogP contribution in [-0.4, -0.2) is 17.4 Å². The summed E-state index contributed by atoms with van der Waals surface area (Å²) in [5.74, 6) is 1.08. The maximum atomic E-state index is 13.6. The molecular weight excluding hydrogens is 406 g/mol. The third-order valence-electron chi connectivity index (χ3n) is 5.67. The molecule has 0 saturated heterocycles. The topological polar surface area (TPSA) is 72.9 Å². The summed E-state index contributed by atoms with van der Waals surface area (Å²) in [7, 11) is 0. The van der Waals surface area contributed by atoms with Crippen molar-refractivity contribution in [3.05, 3.63) is 99.3 Å². The Balaban J connectivity index is 1.70. The van der Waals surface area contributed by atoms with Crippen LogP contribution < -0.4 is 10.2 Å². The lowest BCUT2D eigenvalue weighted by molar-refractivity contribution is 0.0701. The van der Waals surface area contributed by atoms with Gasteiger partial charge in [0.1, 0.15) is 17.1 Å². The van der Waals surface area contributed by atoms with Gasteiger partial charge in [-0.3, -0.25) is 9.59 Å². The number of benzene rings is 2. The maximum Gasteiger partial charge on any atom is 0.291 e. The molecule has 6 nitrogen and oxygen atoms in total. The van der Waals surface area contributed by atoms with E-state index >= 15 is 0 Å². The van der Waals surface area contributed by atoms with Gasteiger partial charge in [-0.05, 0) is 55.3 Å². The molecule has 5 rings (SSSR count). The van der Waals surface area contributed by atoms with Crippen LogP contribution in [0.25, 0.3) is 11.0 Å². The van der Waals surface area contributed by atoms with Gasteiger partial charge in [0.05, 0.1) is 36.4 Å². The van der Waals surface area contributed by atoms with E-state index in [2.05, 4.69) is 0 Å². The minimum Gasteiger partial charge on any atom is -0.494 e. The third kappa shape index (κ3) is 3.38. The lowest BCUT2D eigenvalue weighted by atomic mass is 9.98. The molecule has 162 valence electrons. The Hall–Kier alpha value is -3.80. The van der Waals surface area contributed by atoms with E-state index in [1.807, 2.05) is 50.2 Å². The van der Waals surface area contributed by atoms with Crippen LogP contribution in [0.5, 0.6) is 5.75 Å². The molecule has 2 aromatic heterocycles. The Kier molecular flexibility index (Phi) is 5.05. The number of rotatable bonds is 6. The smallest absolute Gasteiger partial charge is 0.291 e. The Morgan fingerprint density at radius 1 is 1.06 bits per heavy atom. The first kappa shape index (κ1) is 20.1. The first-order valence-electron chi connectivity index (χ1n) is 10.7. The monoisotopic (exact) mass is 429 g/mol. The lowest BCUT2D eigenvalue weighted by Crippen LogP contribution is -2.29. The van der Waals surface area contributed by atoms with Crippen LogP contribution in [0, 0.1) is 6.92 Å². The van der Waals surface area contributed by atoms with E-state index in [0.29, 0.717) is 34.6 Å². The van der Waals surface area contributed by atoms with Gasteiger partial charge in [0.2, 0.25) is 5.76 Å². The summed E-state index contributed by atoms with van der Waals surface area (Å²) in [6.45, 7) is 4.77. The molecule has 0 radical (unpaired) electrons. The Bertz CT molecular complexity index is 1350. The number of carbonyl (C=O) groups excluding carboxylic acids is 1. The number of furan rings is 1. The van der Waals surface area contributed by atoms with Crippen LogP contribution in [0.3, 0.4) is 0 Å².